The van der Waals surface area contributed by atoms with Crippen molar-refractivity contribution >= 4 is 5.91 Å². The third kappa shape index (κ3) is 2.18. The Labute approximate surface area is 77.1 Å². The Morgan fingerprint density at radius 1 is 1.77 bits per heavy atom. The monoisotopic (exact) mass is 188 g/mol. The summed E-state index contributed by atoms with van der Waals surface area (Å²) in [6.45, 7) is 2.05. The molecule has 0 aromatic carbocycles. The number of likely N-dealkylation sites (tertiary alicyclic amines) is 1. The Kier molecular flexibility index (Phi) is 3.24. The molecular weight excluding hydrogens is 172 g/mol. The number of amides is 1. The largest absolute Gasteiger partial charge is 0.395 e. The molecular formula is C8H16N2O3. The number of carbonyl (C=O) groups excluding carboxylic acids is 1. The fraction of sp³-hybridized carbons (Fsp3) is 0.875. The second kappa shape index (κ2) is 4.04. The van der Waals surface area contributed by atoms with Crippen LogP contribution in [0.25, 0.3) is 0 Å². The van der Waals surface area contributed by atoms with Crippen LogP contribution in [0.5, 0.6) is 0 Å². The van der Waals surface area contributed by atoms with Crippen molar-refractivity contribution in [2.45, 2.75) is 31.5 Å². The summed E-state index contributed by atoms with van der Waals surface area (Å²) in [4.78, 5) is 12.6. The molecule has 3 atom stereocenters. The van der Waals surface area contributed by atoms with Crippen molar-refractivity contribution < 1.29 is 15.0 Å². The third-order valence-corrected chi connectivity index (χ3v) is 2.55. The first-order chi connectivity index (χ1) is 6.06. The highest BCUT2D eigenvalue weighted by Gasteiger charge is 2.35. The van der Waals surface area contributed by atoms with Crippen molar-refractivity contribution in [3.8, 4) is 0 Å². The van der Waals surface area contributed by atoms with Gasteiger partial charge in [-0.15, -0.1) is 0 Å². The van der Waals surface area contributed by atoms with Gasteiger partial charge in [0.1, 0.15) is 0 Å². The van der Waals surface area contributed by atoms with Gasteiger partial charge >= 0.3 is 0 Å². The van der Waals surface area contributed by atoms with Crippen LogP contribution in [-0.2, 0) is 4.79 Å². The van der Waals surface area contributed by atoms with Crippen LogP contribution in [0, 0.1) is 0 Å². The fourth-order valence-electron chi connectivity index (χ4n) is 1.73. The van der Waals surface area contributed by atoms with Gasteiger partial charge in [-0.05, 0) is 13.3 Å². The van der Waals surface area contributed by atoms with Crippen LogP contribution in [-0.4, -0.2) is 52.4 Å². The molecule has 1 rings (SSSR count). The molecule has 1 aliphatic rings. The smallest absolute Gasteiger partial charge is 0.234 e. The molecule has 0 aromatic rings. The minimum atomic E-state index is -0.459. The zero-order valence-electron chi connectivity index (χ0n) is 7.68. The maximum Gasteiger partial charge on any atom is 0.234 e. The molecule has 0 aromatic heterocycles. The van der Waals surface area contributed by atoms with Crippen molar-refractivity contribution in [1.82, 2.24) is 4.90 Å². The molecule has 0 radical (unpaired) electrons. The molecule has 1 heterocycles. The van der Waals surface area contributed by atoms with Crippen molar-refractivity contribution in [3.05, 3.63) is 0 Å². The summed E-state index contributed by atoms with van der Waals surface area (Å²) in [5.74, 6) is -0.424. The molecule has 13 heavy (non-hydrogen) atoms. The van der Waals surface area contributed by atoms with Crippen LogP contribution < -0.4 is 5.73 Å². The average molecular weight is 188 g/mol. The van der Waals surface area contributed by atoms with Crippen molar-refractivity contribution in [3.63, 3.8) is 0 Å². The highest BCUT2D eigenvalue weighted by atomic mass is 16.3. The van der Waals surface area contributed by atoms with Gasteiger partial charge in [0.25, 0.3) is 0 Å². The van der Waals surface area contributed by atoms with E-state index in [9.17, 15) is 9.90 Å². The fourth-order valence-corrected chi connectivity index (χ4v) is 1.73. The Hall–Kier alpha value is -0.650. The minimum absolute atomic E-state index is 0.0469. The van der Waals surface area contributed by atoms with Gasteiger partial charge in [0.05, 0.1) is 18.8 Å². The lowest BCUT2D eigenvalue weighted by molar-refractivity contribution is -0.123. The van der Waals surface area contributed by atoms with E-state index in [4.69, 9.17) is 10.8 Å². The molecule has 4 N–H and O–H groups in total. The number of rotatable bonds is 3. The summed E-state index contributed by atoms with van der Waals surface area (Å²) >= 11 is 0. The summed E-state index contributed by atoms with van der Waals surface area (Å²) < 4.78 is 0. The number of hydrogen-bond donors (Lipinski definition) is 3. The molecule has 1 aliphatic heterocycles. The molecule has 0 saturated carbocycles. The van der Waals surface area contributed by atoms with E-state index in [1.165, 1.54) is 0 Å². The van der Waals surface area contributed by atoms with Gasteiger partial charge in [0.2, 0.25) is 5.91 Å². The quantitative estimate of drug-likeness (QED) is 0.492. The van der Waals surface area contributed by atoms with Crippen LogP contribution >= 0.6 is 0 Å². The number of nitrogens with zero attached hydrogens (tertiary/aromatic N) is 1. The first kappa shape index (κ1) is 10.4. The average Bonchev–Trinajstić information content (AvgIpc) is 2.45. The summed E-state index contributed by atoms with van der Waals surface area (Å²) in [6.07, 6.45) is 0.0487. The number of aliphatic hydroxyl groups is 2. The standard InChI is InChI=1S/C8H16N2O3/c1-5(8(9)13)10-3-7(12)2-6(10)4-11/h5-7,11-12H,2-4H2,1H3,(H2,9,13). The number of aliphatic hydroxyl groups excluding tert-OH is 2. The van der Waals surface area contributed by atoms with Gasteiger partial charge in [-0.1, -0.05) is 0 Å². The Bertz CT molecular complexity index is 198. The van der Waals surface area contributed by atoms with Gasteiger partial charge in [-0.2, -0.15) is 0 Å². The SMILES string of the molecule is CC(C(N)=O)N1CC(O)CC1CO. The van der Waals surface area contributed by atoms with Crippen molar-refractivity contribution in [2.24, 2.45) is 5.73 Å². The number of primary amides is 1. The molecule has 0 spiro atoms. The first-order valence-corrected chi connectivity index (χ1v) is 4.40. The van der Waals surface area contributed by atoms with E-state index in [2.05, 4.69) is 0 Å². The zero-order chi connectivity index (χ0) is 10.0. The topological polar surface area (TPSA) is 86.8 Å². The zero-order valence-corrected chi connectivity index (χ0v) is 7.68. The Morgan fingerprint density at radius 3 is 2.85 bits per heavy atom. The van der Waals surface area contributed by atoms with E-state index >= 15 is 0 Å². The van der Waals surface area contributed by atoms with Gasteiger partial charge in [-0.3, -0.25) is 9.69 Å². The lowest BCUT2D eigenvalue weighted by Gasteiger charge is -2.26. The van der Waals surface area contributed by atoms with Crippen molar-refractivity contribution in [1.29, 1.82) is 0 Å². The third-order valence-electron chi connectivity index (χ3n) is 2.55. The summed E-state index contributed by atoms with van der Waals surface area (Å²) in [6, 6.07) is -0.563. The molecule has 5 heteroatoms. The van der Waals surface area contributed by atoms with E-state index < -0.39 is 18.1 Å². The van der Waals surface area contributed by atoms with Crippen LogP contribution in [0.2, 0.25) is 0 Å². The molecule has 0 bridgehead atoms. The van der Waals surface area contributed by atoms with E-state index in [1.54, 1.807) is 11.8 Å². The van der Waals surface area contributed by atoms with Gasteiger partial charge in [0, 0.05) is 12.6 Å². The normalized spacial score (nSPS) is 31.9. The van der Waals surface area contributed by atoms with Crippen molar-refractivity contribution in [2.75, 3.05) is 13.2 Å². The van der Waals surface area contributed by atoms with E-state index in [-0.39, 0.29) is 12.6 Å². The molecule has 76 valence electrons. The van der Waals surface area contributed by atoms with E-state index in [1.807, 2.05) is 0 Å². The summed E-state index contributed by atoms with van der Waals surface area (Å²) in [5, 5.41) is 18.3. The highest BCUT2D eigenvalue weighted by molar-refractivity contribution is 5.79. The molecule has 3 unspecified atom stereocenters. The van der Waals surface area contributed by atoms with Gasteiger partial charge in [0.15, 0.2) is 0 Å². The lowest BCUT2D eigenvalue weighted by atomic mass is 10.2. The maximum absolute atomic E-state index is 10.9. The number of hydrogen-bond acceptors (Lipinski definition) is 4. The minimum Gasteiger partial charge on any atom is -0.395 e. The predicted molar refractivity (Wildman–Crippen MR) is 46.9 cm³/mol. The first-order valence-electron chi connectivity index (χ1n) is 4.40. The lowest BCUT2D eigenvalue weighted by Crippen LogP contribution is -2.46. The molecule has 0 aliphatic carbocycles. The van der Waals surface area contributed by atoms with Crippen LogP contribution in [0.4, 0.5) is 0 Å². The second-order valence-corrected chi connectivity index (χ2v) is 3.50. The van der Waals surface area contributed by atoms with E-state index in [0.29, 0.717) is 13.0 Å². The Balaban J connectivity index is 2.62. The van der Waals surface area contributed by atoms with E-state index in [0.717, 1.165) is 0 Å². The van der Waals surface area contributed by atoms with Crippen LogP contribution in [0.15, 0.2) is 0 Å². The molecule has 5 nitrogen and oxygen atoms in total. The molecule has 1 amide bonds. The number of β-amino-alcohol motifs (C(OH)–C–C–N with tert-alkyl or cyclic N) is 1. The summed E-state index contributed by atoms with van der Waals surface area (Å²) in [5.41, 5.74) is 5.13. The molecule has 1 fully saturated rings. The van der Waals surface area contributed by atoms with Crippen LogP contribution in [0.3, 0.4) is 0 Å². The predicted octanol–water partition coefficient (Wildman–Crippen LogP) is -1.71. The second-order valence-electron chi connectivity index (χ2n) is 3.50. The van der Waals surface area contributed by atoms with Crippen LogP contribution in [0.1, 0.15) is 13.3 Å². The number of nitrogens with two attached hydrogens (primary N) is 1. The highest BCUT2D eigenvalue weighted by Crippen LogP contribution is 2.19. The molecule has 1 saturated heterocycles. The Morgan fingerprint density at radius 2 is 2.38 bits per heavy atom. The van der Waals surface area contributed by atoms with Gasteiger partial charge < -0.3 is 15.9 Å². The summed E-state index contributed by atoms with van der Waals surface area (Å²) in [7, 11) is 0. The van der Waals surface area contributed by atoms with Gasteiger partial charge in [-0.25, -0.2) is 0 Å². The maximum atomic E-state index is 10.9. The number of carbonyl (C=O) groups is 1.